The molecule has 6 heteroatoms. The van der Waals surface area contributed by atoms with Crippen LogP contribution in [0.15, 0.2) is 66.7 Å². The lowest BCUT2D eigenvalue weighted by molar-refractivity contribution is -0.871. The van der Waals surface area contributed by atoms with Crippen LogP contribution in [0, 0.1) is 0 Å². The monoisotopic (exact) mass is 853 g/mol. The van der Waals surface area contributed by atoms with E-state index in [1.54, 1.807) is 0 Å². The van der Waals surface area contributed by atoms with Crippen molar-refractivity contribution in [3.63, 3.8) is 0 Å². The molecular weight excluding hydrogens is 786 g/mol. The molecule has 288 valence electrons. The minimum absolute atomic E-state index is 0. The van der Waals surface area contributed by atoms with E-state index in [1.807, 2.05) is 11.3 Å². The Bertz CT molecular complexity index is 1510. The molecule has 2 heterocycles. The molecule has 0 saturated heterocycles. The Balaban J connectivity index is 0.00000468. The van der Waals surface area contributed by atoms with Crippen molar-refractivity contribution in [1.82, 2.24) is 0 Å². The molecule has 0 N–H and O–H groups in total. The lowest BCUT2D eigenvalue weighted by Crippen LogP contribution is -3.00. The molecule has 0 bridgehead atoms. The third-order valence-corrected chi connectivity index (χ3v) is 11.3. The van der Waals surface area contributed by atoms with E-state index in [2.05, 4.69) is 143 Å². The fraction of sp³-hybridized carbons (Fsp3) is 0.543. The van der Waals surface area contributed by atoms with Gasteiger partial charge in [-0.3, -0.25) is 0 Å². The summed E-state index contributed by atoms with van der Waals surface area (Å²) in [5, 5.41) is 0. The number of fused-ring (bicyclic) bond motifs is 1. The van der Waals surface area contributed by atoms with Crippen molar-refractivity contribution in [1.29, 1.82) is 0 Å². The summed E-state index contributed by atoms with van der Waals surface area (Å²) in [5.41, 5.74) is 6.82. The maximum atomic E-state index is 2.65. The number of unbranched alkanes of at least 4 members (excludes halogenated alkanes) is 10. The second-order valence-electron chi connectivity index (χ2n) is 16.1. The largest absolute Gasteiger partial charge is 1.00 e. The van der Waals surface area contributed by atoms with Gasteiger partial charge in [0.1, 0.15) is 0 Å². The Morgan fingerprint density at radius 1 is 0.635 bits per heavy atom. The molecule has 0 radical (unpaired) electrons. The minimum atomic E-state index is -0.0192. The van der Waals surface area contributed by atoms with E-state index in [0.717, 1.165) is 24.0 Å². The number of nitrogens with zero attached hydrogens (tertiary/aromatic N) is 3. The van der Waals surface area contributed by atoms with E-state index < -0.39 is 0 Å². The minimum Gasteiger partial charge on any atom is -1.00 e. The first-order valence-corrected chi connectivity index (χ1v) is 20.8. The summed E-state index contributed by atoms with van der Waals surface area (Å²) in [6.45, 7) is 13.9. The van der Waals surface area contributed by atoms with Crippen LogP contribution < -0.4 is 38.9 Å². The summed E-state index contributed by atoms with van der Waals surface area (Å²) in [6.07, 6.45) is 26.7. The van der Waals surface area contributed by atoms with Crippen molar-refractivity contribution in [2.45, 2.75) is 117 Å². The van der Waals surface area contributed by atoms with Gasteiger partial charge in [-0.15, -0.1) is 11.3 Å². The Kier molecular flexibility index (Phi) is 21.1. The van der Waals surface area contributed by atoms with Crippen LogP contribution in [0.1, 0.15) is 132 Å². The number of rotatable bonds is 23. The summed E-state index contributed by atoms with van der Waals surface area (Å²) in [6, 6.07) is 22.8. The zero-order chi connectivity index (χ0) is 35.8. The van der Waals surface area contributed by atoms with Gasteiger partial charge < -0.3 is 43.3 Å². The lowest BCUT2D eigenvalue weighted by Gasteiger charge is -2.25. The number of halogens is 2. The highest BCUT2D eigenvalue weighted by Gasteiger charge is 2.43. The number of anilines is 1. The van der Waals surface area contributed by atoms with E-state index in [9.17, 15) is 0 Å². The summed E-state index contributed by atoms with van der Waals surface area (Å²) < 4.78 is 3.57. The topological polar surface area (TPSA) is 6.25 Å². The molecule has 0 unspecified atom stereocenters. The van der Waals surface area contributed by atoms with Gasteiger partial charge in [-0.05, 0) is 68.7 Å². The summed E-state index contributed by atoms with van der Waals surface area (Å²) in [4.78, 5) is 5.24. The molecule has 3 nitrogen and oxygen atoms in total. The number of thiophene rings is 1. The predicted octanol–water partition coefficient (Wildman–Crippen LogP) is 6.64. The van der Waals surface area contributed by atoms with Crippen LogP contribution in [0.3, 0.4) is 0 Å². The maximum absolute atomic E-state index is 2.65. The Hall–Kier alpha value is -1.99. The molecule has 0 fully saturated rings. The van der Waals surface area contributed by atoms with Gasteiger partial charge >= 0.3 is 0 Å². The molecule has 4 rings (SSSR count). The highest BCUT2D eigenvalue weighted by Crippen LogP contribution is 2.40. The molecule has 0 aliphatic carbocycles. The average molecular weight is 856 g/mol. The van der Waals surface area contributed by atoms with E-state index >= 15 is 0 Å². The lowest BCUT2D eigenvalue weighted by atomic mass is 9.81. The Morgan fingerprint density at radius 3 is 1.75 bits per heavy atom. The first kappa shape index (κ1) is 46.2. The molecular formula is C46H69Br2N3S. The molecule has 1 aliphatic heterocycles. The van der Waals surface area contributed by atoms with Gasteiger partial charge in [0.2, 0.25) is 5.69 Å². The first-order valence-electron chi connectivity index (χ1n) is 20.0. The third-order valence-electron chi connectivity index (χ3n) is 10.3. The molecule has 3 aromatic rings. The van der Waals surface area contributed by atoms with Gasteiger partial charge in [0.25, 0.3) is 0 Å². The van der Waals surface area contributed by atoms with Crippen LogP contribution in [0.25, 0.3) is 18.2 Å². The summed E-state index contributed by atoms with van der Waals surface area (Å²) in [7, 11) is 6.86. The zero-order valence-corrected chi connectivity index (χ0v) is 37.6. The van der Waals surface area contributed by atoms with Crippen LogP contribution >= 0.6 is 11.3 Å². The average Bonchev–Trinajstić information content (AvgIpc) is 3.64. The molecule has 0 amide bonds. The van der Waals surface area contributed by atoms with Crippen LogP contribution in [0.5, 0.6) is 0 Å². The molecule has 2 aromatic carbocycles. The van der Waals surface area contributed by atoms with E-state index in [4.69, 9.17) is 0 Å². The normalized spacial score (nSPS) is 13.8. The maximum Gasteiger partial charge on any atom is 0.209 e. The second-order valence-corrected chi connectivity index (χ2v) is 17.2. The number of hydrogen-bond donors (Lipinski definition) is 0. The highest BCUT2D eigenvalue weighted by atomic mass is 79.9. The van der Waals surface area contributed by atoms with E-state index in [0.29, 0.717) is 0 Å². The fourth-order valence-electron chi connectivity index (χ4n) is 7.30. The number of quaternary nitrogens is 1. The van der Waals surface area contributed by atoms with Gasteiger partial charge in [0, 0.05) is 46.2 Å². The standard InChI is InChI=1S/C46H69N3S.2BrH/c1-8-10-12-14-16-20-35-47(36-21-17-15-13-11-9-2)40-28-25-39(26-29-40)27-30-41-31-32-42(50-41)33-34-45-46(3,4)43-23-18-19-24-44(43)48(45)37-22-38-49(5,6)7;;/h18-19,23-34H,8-17,20-22,35-38H2,1-7H3;2*1H/q+2;;/p-2. The molecule has 1 aromatic heterocycles. The van der Waals surface area contributed by atoms with Crippen LogP contribution in [-0.4, -0.2) is 62.1 Å². The van der Waals surface area contributed by atoms with Crippen molar-refractivity contribution < 1.29 is 43.0 Å². The number of hydrogen-bond acceptors (Lipinski definition) is 2. The van der Waals surface area contributed by atoms with Crippen molar-refractivity contribution in [2.75, 3.05) is 52.2 Å². The van der Waals surface area contributed by atoms with Crippen LogP contribution in [-0.2, 0) is 5.41 Å². The fourth-order valence-corrected chi connectivity index (χ4v) is 8.12. The Morgan fingerprint density at radius 2 is 1.17 bits per heavy atom. The van der Waals surface area contributed by atoms with E-state index in [1.165, 1.54) is 128 Å². The summed E-state index contributed by atoms with van der Waals surface area (Å²) in [5.74, 6) is 0. The third kappa shape index (κ3) is 14.7. The highest BCUT2D eigenvalue weighted by molar-refractivity contribution is 7.13. The molecule has 0 spiro atoms. The molecule has 52 heavy (non-hydrogen) atoms. The van der Waals surface area contributed by atoms with Crippen molar-refractivity contribution in [2.24, 2.45) is 0 Å². The van der Waals surface area contributed by atoms with Crippen molar-refractivity contribution in [3.05, 3.63) is 87.6 Å². The number of benzene rings is 2. The zero-order valence-electron chi connectivity index (χ0n) is 33.6. The van der Waals surface area contributed by atoms with Crippen molar-refractivity contribution >= 4 is 46.7 Å². The van der Waals surface area contributed by atoms with Gasteiger partial charge in [0.15, 0.2) is 12.3 Å². The number of para-hydroxylation sites is 1. The SMILES string of the molecule is CCCCCCCCN(CCCCCCCC)c1ccc(/C=C/c2ccc(/C=C/C3=[N+](CCC[N+](C)(C)C)c4ccccc4C3(C)C)s2)cc1.[Br-].[Br-]. The molecule has 0 saturated carbocycles. The van der Waals surface area contributed by atoms with Gasteiger partial charge in [0.05, 0.1) is 39.5 Å². The molecule has 0 atom stereocenters. The van der Waals surface area contributed by atoms with Gasteiger partial charge in [-0.1, -0.05) is 114 Å². The number of allylic oxidation sites excluding steroid dienone is 1. The van der Waals surface area contributed by atoms with Gasteiger partial charge in [-0.25, -0.2) is 0 Å². The summed E-state index contributed by atoms with van der Waals surface area (Å²) >= 11 is 1.87. The molecule has 1 aliphatic rings. The van der Waals surface area contributed by atoms with Crippen molar-refractivity contribution in [3.8, 4) is 0 Å². The Labute approximate surface area is 344 Å². The smallest absolute Gasteiger partial charge is 0.209 e. The van der Waals surface area contributed by atoms with Gasteiger partial charge in [-0.2, -0.15) is 4.58 Å². The van der Waals surface area contributed by atoms with Crippen LogP contribution in [0.2, 0.25) is 0 Å². The second kappa shape index (κ2) is 23.7. The predicted molar refractivity (Wildman–Crippen MR) is 224 cm³/mol. The van der Waals surface area contributed by atoms with E-state index in [-0.39, 0.29) is 39.4 Å². The quantitative estimate of drug-likeness (QED) is 0.0590. The first-order chi connectivity index (χ1) is 24.1. The van der Waals surface area contributed by atoms with Crippen LogP contribution in [0.4, 0.5) is 11.4 Å².